The van der Waals surface area contributed by atoms with Crippen molar-refractivity contribution in [1.82, 2.24) is 4.90 Å². The van der Waals surface area contributed by atoms with Crippen LogP contribution in [0.4, 0.5) is 0 Å². The van der Waals surface area contributed by atoms with Gasteiger partial charge in [-0.2, -0.15) is 0 Å². The third kappa shape index (κ3) is 2.97. The number of nitrogens with zero attached hydrogens (tertiary/aromatic N) is 1. The minimum absolute atomic E-state index is 0.146. The number of amides is 1. The molecule has 1 rings (SSSR count). The summed E-state index contributed by atoms with van der Waals surface area (Å²) in [4.78, 5) is 14.4. The van der Waals surface area contributed by atoms with E-state index < -0.39 is 5.60 Å². The van der Waals surface area contributed by atoms with E-state index >= 15 is 0 Å². The van der Waals surface area contributed by atoms with Crippen LogP contribution in [0.5, 0.6) is 0 Å². The topological polar surface area (TPSA) is 29.5 Å². The second-order valence-corrected chi connectivity index (χ2v) is 5.15. The Morgan fingerprint density at radius 1 is 1.44 bits per heavy atom. The average molecular weight is 227 g/mol. The molecule has 3 nitrogen and oxygen atoms in total. The molecule has 1 atom stereocenters. The van der Waals surface area contributed by atoms with Gasteiger partial charge in [-0.05, 0) is 39.5 Å². The number of hydrogen-bond donors (Lipinski definition) is 0. The van der Waals surface area contributed by atoms with Crippen molar-refractivity contribution in [3.63, 3.8) is 0 Å². The van der Waals surface area contributed by atoms with Gasteiger partial charge in [-0.3, -0.25) is 4.79 Å². The highest BCUT2D eigenvalue weighted by atomic mass is 16.5. The zero-order valence-electron chi connectivity index (χ0n) is 11.1. The highest BCUT2D eigenvalue weighted by molar-refractivity contribution is 5.84. The van der Waals surface area contributed by atoms with Crippen LogP contribution in [0.1, 0.15) is 52.9 Å². The van der Waals surface area contributed by atoms with Crippen molar-refractivity contribution in [1.29, 1.82) is 0 Å². The van der Waals surface area contributed by atoms with Gasteiger partial charge in [-0.1, -0.05) is 13.3 Å². The summed E-state index contributed by atoms with van der Waals surface area (Å²) in [6, 6.07) is 0.431. The molecule has 1 saturated heterocycles. The van der Waals surface area contributed by atoms with Gasteiger partial charge in [0.05, 0.1) is 0 Å². The number of hydrogen-bond acceptors (Lipinski definition) is 2. The molecule has 0 saturated carbocycles. The Bertz CT molecular complexity index is 236. The van der Waals surface area contributed by atoms with Gasteiger partial charge < -0.3 is 9.64 Å². The maximum absolute atomic E-state index is 12.3. The van der Waals surface area contributed by atoms with Crippen molar-refractivity contribution in [3.05, 3.63) is 0 Å². The van der Waals surface area contributed by atoms with E-state index in [2.05, 4.69) is 6.92 Å². The molecule has 94 valence electrons. The van der Waals surface area contributed by atoms with Crippen LogP contribution in [0, 0.1) is 0 Å². The Labute approximate surface area is 99.1 Å². The smallest absolute Gasteiger partial charge is 0.254 e. The number of carbonyl (C=O) groups excluding carboxylic acids is 1. The number of likely N-dealkylation sites (tertiary alicyclic amines) is 1. The predicted octanol–water partition coefficient (Wildman–Crippen LogP) is 2.59. The van der Waals surface area contributed by atoms with Crippen LogP contribution >= 0.6 is 0 Å². The minimum atomic E-state index is -0.677. The van der Waals surface area contributed by atoms with Crippen molar-refractivity contribution in [2.75, 3.05) is 13.7 Å². The lowest BCUT2D eigenvalue weighted by molar-refractivity contribution is -0.155. The highest BCUT2D eigenvalue weighted by Crippen LogP contribution is 2.24. The summed E-state index contributed by atoms with van der Waals surface area (Å²) in [5.74, 6) is 0.146. The lowest BCUT2D eigenvalue weighted by Crippen LogP contribution is -2.52. The predicted molar refractivity (Wildman–Crippen MR) is 65.3 cm³/mol. The van der Waals surface area contributed by atoms with Gasteiger partial charge in [0.1, 0.15) is 5.60 Å². The lowest BCUT2D eigenvalue weighted by atomic mass is 9.95. The monoisotopic (exact) mass is 227 g/mol. The summed E-state index contributed by atoms with van der Waals surface area (Å²) in [5, 5.41) is 0. The molecular formula is C13H25NO2. The van der Waals surface area contributed by atoms with E-state index in [1.54, 1.807) is 7.11 Å². The molecule has 0 spiro atoms. The van der Waals surface area contributed by atoms with Crippen LogP contribution in [0.2, 0.25) is 0 Å². The molecule has 0 aromatic rings. The van der Waals surface area contributed by atoms with Crippen molar-refractivity contribution in [2.45, 2.75) is 64.5 Å². The van der Waals surface area contributed by atoms with Crippen molar-refractivity contribution in [3.8, 4) is 0 Å². The molecule has 0 aliphatic carbocycles. The fraction of sp³-hybridized carbons (Fsp3) is 0.923. The Morgan fingerprint density at radius 2 is 2.12 bits per heavy atom. The first kappa shape index (κ1) is 13.5. The molecule has 1 heterocycles. The molecule has 3 heteroatoms. The summed E-state index contributed by atoms with van der Waals surface area (Å²) < 4.78 is 5.29. The van der Waals surface area contributed by atoms with Crippen molar-refractivity contribution >= 4 is 5.91 Å². The Hall–Kier alpha value is -0.570. The van der Waals surface area contributed by atoms with Gasteiger partial charge in [-0.15, -0.1) is 0 Å². The zero-order valence-corrected chi connectivity index (χ0v) is 11.1. The van der Waals surface area contributed by atoms with E-state index in [-0.39, 0.29) is 5.91 Å². The first-order valence-corrected chi connectivity index (χ1v) is 6.39. The van der Waals surface area contributed by atoms with Crippen LogP contribution in [0.3, 0.4) is 0 Å². The summed E-state index contributed by atoms with van der Waals surface area (Å²) in [6.45, 7) is 6.79. The quantitative estimate of drug-likeness (QED) is 0.739. The fourth-order valence-electron chi connectivity index (χ4n) is 2.33. The number of carbonyl (C=O) groups is 1. The number of rotatable bonds is 4. The molecule has 0 N–H and O–H groups in total. The van der Waals surface area contributed by atoms with Gasteiger partial charge in [0.25, 0.3) is 5.91 Å². The van der Waals surface area contributed by atoms with Crippen LogP contribution in [0.15, 0.2) is 0 Å². The second-order valence-electron chi connectivity index (χ2n) is 5.15. The van der Waals surface area contributed by atoms with Gasteiger partial charge in [0.15, 0.2) is 0 Å². The van der Waals surface area contributed by atoms with Crippen LogP contribution in [-0.2, 0) is 9.53 Å². The molecule has 1 aliphatic heterocycles. The third-order valence-electron chi connectivity index (χ3n) is 3.54. The van der Waals surface area contributed by atoms with Crippen LogP contribution < -0.4 is 0 Å². The van der Waals surface area contributed by atoms with E-state index in [9.17, 15) is 4.79 Å². The maximum atomic E-state index is 12.3. The Morgan fingerprint density at radius 3 is 2.69 bits per heavy atom. The maximum Gasteiger partial charge on any atom is 0.254 e. The first-order valence-electron chi connectivity index (χ1n) is 6.39. The molecule has 0 aromatic carbocycles. The first-order chi connectivity index (χ1) is 7.53. The van der Waals surface area contributed by atoms with Gasteiger partial charge in [0, 0.05) is 19.7 Å². The fourth-order valence-corrected chi connectivity index (χ4v) is 2.33. The molecule has 1 amide bonds. The van der Waals surface area contributed by atoms with E-state index in [1.807, 2.05) is 18.7 Å². The molecule has 0 bridgehead atoms. The lowest BCUT2D eigenvalue weighted by Gasteiger charge is -2.39. The van der Waals surface area contributed by atoms with Crippen LogP contribution in [-0.4, -0.2) is 36.1 Å². The SMILES string of the molecule is CCCC1CCCCN1C(=O)C(C)(C)OC. The summed E-state index contributed by atoms with van der Waals surface area (Å²) in [5.41, 5.74) is -0.677. The largest absolute Gasteiger partial charge is 0.369 e. The summed E-state index contributed by atoms with van der Waals surface area (Å²) in [6.07, 6.45) is 5.79. The number of methoxy groups -OCH3 is 1. The summed E-state index contributed by atoms with van der Waals surface area (Å²) in [7, 11) is 1.61. The van der Waals surface area contributed by atoms with Crippen molar-refractivity contribution < 1.29 is 9.53 Å². The molecule has 1 unspecified atom stereocenters. The molecule has 0 aromatic heterocycles. The molecule has 16 heavy (non-hydrogen) atoms. The minimum Gasteiger partial charge on any atom is -0.369 e. The third-order valence-corrected chi connectivity index (χ3v) is 3.54. The number of piperidine rings is 1. The molecule has 1 aliphatic rings. The normalized spacial score (nSPS) is 22.2. The van der Waals surface area contributed by atoms with Crippen molar-refractivity contribution in [2.24, 2.45) is 0 Å². The Kier molecular flexibility index (Phi) is 4.78. The van der Waals surface area contributed by atoms with Crippen LogP contribution in [0.25, 0.3) is 0 Å². The highest BCUT2D eigenvalue weighted by Gasteiger charge is 2.36. The van der Waals surface area contributed by atoms with Gasteiger partial charge in [-0.25, -0.2) is 0 Å². The number of ether oxygens (including phenoxy) is 1. The average Bonchev–Trinajstić information content (AvgIpc) is 2.29. The second kappa shape index (κ2) is 5.67. The Balaban J connectivity index is 2.71. The van der Waals surface area contributed by atoms with E-state index in [0.717, 1.165) is 32.2 Å². The zero-order chi connectivity index (χ0) is 12.2. The molecule has 1 fully saturated rings. The standard InChI is InChI=1S/C13H25NO2/c1-5-8-11-9-6-7-10-14(11)12(15)13(2,3)16-4/h11H,5-10H2,1-4H3. The molecule has 0 radical (unpaired) electrons. The van der Waals surface area contributed by atoms with E-state index in [0.29, 0.717) is 6.04 Å². The van der Waals surface area contributed by atoms with Gasteiger partial charge >= 0.3 is 0 Å². The van der Waals surface area contributed by atoms with E-state index in [1.165, 1.54) is 6.42 Å². The van der Waals surface area contributed by atoms with Gasteiger partial charge in [0.2, 0.25) is 0 Å². The molecular weight excluding hydrogens is 202 g/mol. The van der Waals surface area contributed by atoms with E-state index in [4.69, 9.17) is 4.74 Å². The summed E-state index contributed by atoms with van der Waals surface area (Å²) >= 11 is 0.